The lowest BCUT2D eigenvalue weighted by Crippen LogP contribution is -2.14. The van der Waals surface area contributed by atoms with E-state index in [0.29, 0.717) is 6.61 Å². The summed E-state index contributed by atoms with van der Waals surface area (Å²) in [4.78, 5) is 10.6. The summed E-state index contributed by atoms with van der Waals surface area (Å²) in [6.45, 7) is 11.0. The molecule has 0 heterocycles. The van der Waals surface area contributed by atoms with Crippen molar-refractivity contribution in [1.29, 1.82) is 0 Å². The van der Waals surface area contributed by atoms with Gasteiger partial charge in [0.2, 0.25) is 0 Å². The van der Waals surface area contributed by atoms with E-state index < -0.39 is 5.97 Å². The maximum absolute atomic E-state index is 10.6. The summed E-state index contributed by atoms with van der Waals surface area (Å²) in [5.41, 5.74) is 3.13. The minimum Gasteiger partial charge on any atom is -0.494 e. The van der Waals surface area contributed by atoms with Crippen molar-refractivity contribution in [3.8, 4) is 5.75 Å². The van der Waals surface area contributed by atoms with Crippen LogP contribution in [0.15, 0.2) is 24.3 Å². The standard InChI is InChI=1S/C17H24O3/c1-6-20-15-9-8-13(11-14(15)17(3,4)5)12(2)7-10-16(18)19/h7-9,11H,6,10H2,1-5H3,(H,18,19)/b12-7+. The number of hydrogen-bond donors (Lipinski definition) is 1. The van der Waals surface area contributed by atoms with Gasteiger partial charge in [-0.05, 0) is 42.5 Å². The largest absolute Gasteiger partial charge is 0.494 e. The van der Waals surface area contributed by atoms with Crippen LogP contribution in [0.5, 0.6) is 5.75 Å². The van der Waals surface area contributed by atoms with E-state index in [2.05, 4.69) is 26.8 Å². The first-order valence-electron chi connectivity index (χ1n) is 6.92. The van der Waals surface area contributed by atoms with E-state index in [9.17, 15) is 4.79 Å². The molecule has 0 aliphatic rings. The molecule has 0 atom stereocenters. The average Bonchev–Trinajstić information content (AvgIpc) is 2.35. The van der Waals surface area contributed by atoms with Gasteiger partial charge in [0.1, 0.15) is 5.75 Å². The Morgan fingerprint density at radius 2 is 2.00 bits per heavy atom. The summed E-state index contributed by atoms with van der Waals surface area (Å²) in [7, 11) is 0. The molecule has 0 aromatic heterocycles. The maximum atomic E-state index is 10.6. The third-order valence-corrected chi connectivity index (χ3v) is 3.13. The lowest BCUT2D eigenvalue weighted by atomic mass is 9.84. The van der Waals surface area contributed by atoms with Crippen molar-refractivity contribution in [3.05, 3.63) is 35.4 Å². The van der Waals surface area contributed by atoms with Crippen LogP contribution in [0, 0.1) is 0 Å². The monoisotopic (exact) mass is 276 g/mol. The smallest absolute Gasteiger partial charge is 0.307 e. The van der Waals surface area contributed by atoms with Crippen LogP contribution in [0.4, 0.5) is 0 Å². The molecule has 1 rings (SSSR count). The lowest BCUT2D eigenvalue weighted by molar-refractivity contribution is -0.135. The van der Waals surface area contributed by atoms with Crippen molar-refractivity contribution in [1.82, 2.24) is 0 Å². The molecule has 0 fully saturated rings. The summed E-state index contributed by atoms with van der Waals surface area (Å²) in [6, 6.07) is 6.05. The Balaban J connectivity index is 3.18. The molecule has 3 heteroatoms. The van der Waals surface area contributed by atoms with Gasteiger partial charge in [-0.25, -0.2) is 0 Å². The number of allylic oxidation sites excluding steroid dienone is 1. The number of carbonyl (C=O) groups is 1. The maximum Gasteiger partial charge on any atom is 0.307 e. The molecule has 0 saturated heterocycles. The number of carboxylic acid groups (broad SMARTS) is 1. The number of carboxylic acids is 1. The minimum absolute atomic E-state index is 0.0202. The van der Waals surface area contributed by atoms with E-state index >= 15 is 0 Å². The summed E-state index contributed by atoms with van der Waals surface area (Å²) >= 11 is 0. The zero-order chi connectivity index (χ0) is 15.3. The van der Waals surface area contributed by atoms with E-state index in [1.54, 1.807) is 6.08 Å². The van der Waals surface area contributed by atoms with Gasteiger partial charge in [-0.1, -0.05) is 32.9 Å². The fourth-order valence-electron chi connectivity index (χ4n) is 2.00. The van der Waals surface area contributed by atoms with E-state index in [4.69, 9.17) is 9.84 Å². The van der Waals surface area contributed by atoms with E-state index in [1.165, 1.54) is 0 Å². The van der Waals surface area contributed by atoms with Crippen LogP contribution in [0.2, 0.25) is 0 Å². The minimum atomic E-state index is -0.814. The van der Waals surface area contributed by atoms with Gasteiger partial charge in [-0.2, -0.15) is 0 Å². The summed E-state index contributed by atoms with van der Waals surface area (Å²) in [5, 5.41) is 8.74. The Bertz CT molecular complexity index is 507. The molecule has 0 aliphatic heterocycles. The predicted molar refractivity (Wildman–Crippen MR) is 82.2 cm³/mol. The number of rotatable bonds is 5. The van der Waals surface area contributed by atoms with Gasteiger partial charge in [0.15, 0.2) is 0 Å². The van der Waals surface area contributed by atoms with Crippen LogP contribution < -0.4 is 4.74 Å². The van der Waals surface area contributed by atoms with E-state index in [-0.39, 0.29) is 11.8 Å². The fraction of sp³-hybridized carbons (Fsp3) is 0.471. The molecule has 1 aromatic rings. The van der Waals surface area contributed by atoms with Gasteiger partial charge in [-0.15, -0.1) is 0 Å². The summed E-state index contributed by atoms with van der Waals surface area (Å²) < 4.78 is 5.68. The molecule has 0 bridgehead atoms. The van der Waals surface area contributed by atoms with E-state index in [0.717, 1.165) is 22.4 Å². The molecule has 20 heavy (non-hydrogen) atoms. The first kappa shape index (κ1) is 16.3. The zero-order valence-electron chi connectivity index (χ0n) is 13.0. The Morgan fingerprint density at radius 1 is 1.35 bits per heavy atom. The van der Waals surface area contributed by atoms with Crippen LogP contribution in [0.25, 0.3) is 5.57 Å². The van der Waals surface area contributed by atoms with Gasteiger partial charge < -0.3 is 9.84 Å². The Hall–Kier alpha value is -1.77. The third kappa shape index (κ3) is 4.41. The topological polar surface area (TPSA) is 46.5 Å². The highest BCUT2D eigenvalue weighted by Crippen LogP contribution is 2.33. The molecular formula is C17H24O3. The van der Waals surface area contributed by atoms with Crippen LogP contribution in [0.3, 0.4) is 0 Å². The molecule has 0 saturated carbocycles. The second-order valence-corrected chi connectivity index (χ2v) is 5.88. The van der Waals surface area contributed by atoms with Crippen LogP contribution >= 0.6 is 0 Å². The van der Waals surface area contributed by atoms with Crippen molar-refractivity contribution in [3.63, 3.8) is 0 Å². The Labute approximate surface area is 121 Å². The van der Waals surface area contributed by atoms with Gasteiger partial charge in [0.05, 0.1) is 13.0 Å². The highest BCUT2D eigenvalue weighted by atomic mass is 16.5. The van der Waals surface area contributed by atoms with Crippen molar-refractivity contribution >= 4 is 11.5 Å². The number of aliphatic carboxylic acids is 1. The van der Waals surface area contributed by atoms with E-state index in [1.807, 2.05) is 26.0 Å². The zero-order valence-corrected chi connectivity index (χ0v) is 13.0. The quantitative estimate of drug-likeness (QED) is 0.874. The van der Waals surface area contributed by atoms with Crippen molar-refractivity contribution in [2.75, 3.05) is 6.61 Å². The average molecular weight is 276 g/mol. The molecule has 0 amide bonds. The predicted octanol–water partition coefficient (Wildman–Crippen LogP) is 4.26. The van der Waals surface area contributed by atoms with Gasteiger partial charge in [-0.3, -0.25) is 4.79 Å². The van der Waals surface area contributed by atoms with Crippen molar-refractivity contribution in [2.24, 2.45) is 0 Å². The molecular weight excluding hydrogens is 252 g/mol. The molecule has 0 radical (unpaired) electrons. The number of benzene rings is 1. The highest BCUT2D eigenvalue weighted by molar-refractivity contribution is 5.74. The second-order valence-electron chi connectivity index (χ2n) is 5.88. The summed E-state index contributed by atoms with van der Waals surface area (Å²) in [5.74, 6) is 0.0844. The lowest BCUT2D eigenvalue weighted by Gasteiger charge is -2.23. The molecule has 3 nitrogen and oxygen atoms in total. The number of ether oxygens (including phenoxy) is 1. The van der Waals surface area contributed by atoms with Crippen molar-refractivity contribution in [2.45, 2.75) is 46.5 Å². The molecule has 110 valence electrons. The second kappa shape index (κ2) is 6.60. The van der Waals surface area contributed by atoms with Crippen LogP contribution in [0.1, 0.15) is 52.2 Å². The molecule has 0 aliphatic carbocycles. The summed E-state index contributed by atoms with van der Waals surface area (Å²) in [6.07, 6.45) is 1.79. The van der Waals surface area contributed by atoms with Crippen LogP contribution in [-0.4, -0.2) is 17.7 Å². The van der Waals surface area contributed by atoms with Crippen LogP contribution in [-0.2, 0) is 10.2 Å². The molecule has 0 spiro atoms. The normalized spacial score (nSPS) is 12.3. The Kier molecular flexibility index (Phi) is 5.37. The van der Waals surface area contributed by atoms with Gasteiger partial charge >= 0.3 is 5.97 Å². The van der Waals surface area contributed by atoms with Gasteiger partial charge in [0.25, 0.3) is 0 Å². The number of hydrogen-bond acceptors (Lipinski definition) is 2. The first-order valence-corrected chi connectivity index (χ1v) is 6.92. The van der Waals surface area contributed by atoms with Crippen molar-refractivity contribution < 1.29 is 14.6 Å². The third-order valence-electron chi connectivity index (χ3n) is 3.13. The Morgan fingerprint density at radius 3 is 2.50 bits per heavy atom. The van der Waals surface area contributed by atoms with Gasteiger partial charge in [0, 0.05) is 5.56 Å². The molecule has 0 unspecified atom stereocenters. The molecule has 1 N–H and O–H groups in total. The fourth-order valence-corrected chi connectivity index (χ4v) is 2.00. The SMILES string of the molecule is CCOc1ccc(/C(C)=C/CC(=O)O)cc1C(C)(C)C. The highest BCUT2D eigenvalue weighted by Gasteiger charge is 2.19. The molecule has 1 aromatic carbocycles. The first-order chi connectivity index (χ1) is 9.25.